The zero-order valence-corrected chi connectivity index (χ0v) is 19.9. The van der Waals surface area contributed by atoms with Gasteiger partial charge in [-0.3, -0.25) is 0 Å². The topological polar surface area (TPSA) is 74.8 Å². The third-order valence-electron chi connectivity index (χ3n) is 7.07. The van der Waals surface area contributed by atoms with Crippen LogP contribution in [0.4, 0.5) is 11.8 Å². The molecule has 0 spiro atoms. The molecule has 33 heavy (non-hydrogen) atoms. The maximum Gasteiger partial charge on any atom is 0.227 e. The summed E-state index contributed by atoms with van der Waals surface area (Å²) < 4.78 is 11.9. The number of benzene rings is 1. The molecule has 8 heteroatoms. The molecule has 8 nitrogen and oxygen atoms in total. The Labute approximate surface area is 197 Å². The highest BCUT2D eigenvalue weighted by molar-refractivity contribution is 5.93. The average molecular weight is 455 g/mol. The van der Waals surface area contributed by atoms with Gasteiger partial charge in [0.2, 0.25) is 5.95 Å². The van der Waals surface area contributed by atoms with E-state index in [1.54, 1.807) is 7.11 Å². The Morgan fingerprint density at radius 2 is 1.85 bits per heavy atom. The van der Waals surface area contributed by atoms with Crippen LogP contribution in [-0.4, -0.2) is 80.4 Å². The predicted molar refractivity (Wildman–Crippen MR) is 133 cm³/mol. The molecule has 1 atom stereocenters. The lowest BCUT2D eigenvalue weighted by Gasteiger charge is -2.26. The Bertz CT molecular complexity index is 921. The fraction of sp³-hybridized carbons (Fsp3) is 0.680. The van der Waals surface area contributed by atoms with E-state index in [9.17, 15) is 0 Å². The van der Waals surface area contributed by atoms with Crippen molar-refractivity contribution >= 4 is 22.7 Å². The van der Waals surface area contributed by atoms with Crippen molar-refractivity contribution < 1.29 is 9.47 Å². The van der Waals surface area contributed by atoms with E-state index in [-0.39, 0.29) is 0 Å². The SMILES string of the molecule is COc1cc2c(N[C@H]3CCCNC3)nc(N3CCCC3)nc2cc1OCCCN1CCCC1. The molecule has 0 unspecified atom stereocenters. The molecule has 2 aromatic rings. The first-order valence-electron chi connectivity index (χ1n) is 12.8. The predicted octanol–water partition coefficient (Wildman–Crippen LogP) is 3.27. The van der Waals surface area contributed by atoms with Crippen LogP contribution in [0.3, 0.4) is 0 Å². The van der Waals surface area contributed by atoms with E-state index in [1.165, 1.54) is 45.2 Å². The summed E-state index contributed by atoms with van der Waals surface area (Å²) in [6.07, 6.45) is 8.39. The molecule has 0 saturated carbocycles. The molecular weight excluding hydrogens is 416 g/mol. The zero-order valence-electron chi connectivity index (χ0n) is 19.9. The molecule has 3 saturated heterocycles. The van der Waals surface area contributed by atoms with Crippen molar-refractivity contribution in [3.05, 3.63) is 12.1 Å². The van der Waals surface area contributed by atoms with Crippen LogP contribution in [0, 0.1) is 0 Å². The molecule has 1 aromatic carbocycles. The standard InChI is InChI=1S/C25H38N6O2/c1-32-22-16-20-21(17-23(22)33-15-7-12-30-10-2-3-11-30)28-25(31-13-4-5-14-31)29-24(20)27-19-8-6-9-26-18-19/h16-17,19,26H,2-15,18H2,1H3,(H,27,28,29)/t19-/m0/s1. The summed E-state index contributed by atoms with van der Waals surface area (Å²) in [5.74, 6) is 3.22. The Kier molecular flexibility index (Phi) is 7.31. The van der Waals surface area contributed by atoms with E-state index in [2.05, 4.69) is 20.4 Å². The third kappa shape index (κ3) is 5.44. The van der Waals surface area contributed by atoms with Crippen LogP contribution in [0.5, 0.6) is 11.5 Å². The van der Waals surface area contributed by atoms with E-state index < -0.39 is 0 Å². The number of ether oxygens (including phenoxy) is 2. The van der Waals surface area contributed by atoms with E-state index in [1.807, 2.05) is 12.1 Å². The summed E-state index contributed by atoms with van der Waals surface area (Å²) in [4.78, 5) is 14.7. The summed E-state index contributed by atoms with van der Waals surface area (Å²) in [5, 5.41) is 8.18. The number of rotatable bonds is 9. The molecule has 0 radical (unpaired) electrons. The van der Waals surface area contributed by atoms with E-state index in [0.717, 1.165) is 79.7 Å². The van der Waals surface area contributed by atoms with Crippen molar-refractivity contribution in [3.8, 4) is 11.5 Å². The minimum Gasteiger partial charge on any atom is -0.493 e. The molecule has 0 aliphatic carbocycles. The number of hydrogen-bond donors (Lipinski definition) is 2. The van der Waals surface area contributed by atoms with Gasteiger partial charge in [0.15, 0.2) is 11.5 Å². The first-order chi connectivity index (χ1) is 16.3. The van der Waals surface area contributed by atoms with Crippen LogP contribution >= 0.6 is 0 Å². The van der Waals surface area contributed by atoms with Gasteiger partial charge < -0.3 is 29.9 Å². The first kappa shape index (κ1) is 22.5. The highest BCUT2D eigenvalue weighted by Crippen LogP contribution is 2.36. The zero-order chi connectivity index (χ0) is 22.5. The monoisotopic (exact) mass is 454 g/mol. The molecule has 3 aliphatic rings. The largest absolute Gasteiger partial charge is 0.493 e. The molecule has 180 valence electrons. The second-order valence-corrected chi connectivity index (χ2v) is 9.52. The van der Waals surface area contributed by atoms with Crippen molar-refractivity contribution in [2.45, 2.75) is 51.0 Å². The molecule has 1 aromatic heterocycles. The normalized spacial score (nSPS) is 21.6. The van der Waals surface area contributed by atoms with Crippen LogP contribution in [-0.2, 0) is 0 Å². The van der Waals surface area contributed by atoms with Gasteiger partial charge in [-0.05, 0) is 70.6 Å². The summed E-state index contributed by atoms with van der Waals surface area (Å²) in [6.45, 7) is 8.32. The minimum atomic E-state index is 0.371. The number of piperidine rings is 1. The Balaban J connectivity index is 1.39. The van der Waals surface area contributed by atoms with Crippen LogP contribution < -0.4 is 25.0 Å². The van der Waals surface area contributed by atoms with Crippen molar-refractivity contribution in [3.63, 3.8) is 0 Å². The quantitative estimate of drug-likeness (QED) is 0.560. The molecule has 3 aliphatic heterocycles. The smallest absolute Gasteiger partial charge is 0.227 e. The van der Waals surface area contributed by atoms with Gasteiger partial charge in [-0.2, -0.15) is 4.98 Å². The molecule has 0 bridgehead atoms. The van der Waals surface area contributed by atoms with Crippen molar-refractivity contribution in [2.75, 3.05) is 69.7 Å². The fourth-order valence-electron chi connectivity index (χ4n) is 5.21. The number of anilines is 2. The van der Waals surface area contributed by atoms with E-state index in [0.29, 0.717) is 12.6 Å². The lowest BCUT2D eigenvalue weighted by atomic mass is 10.1. The highest BCUT2D eigenvalue weighted by atomic mass is 16.5. The molecular formula is C25H38N6O2. The van der Waals surface area contributed by atoms with Gasteiger partial charge in [-0.15, -0.1) is 0 Å². The van der Waals surface area contributed by atoms with Gasteiger partial charge in [-0.25, -0.2) is 4.98 Å². The number of hydrogen-bond acceptors (Lipinski definition) is 8. The molecule has 5 rings (SSSR count). The van der Waals surface area contributed by atoms with Crippen LogP contribution in [0.2, 0.25) is 0 Å². The highest BCUT2D eigenvalue weighted by Gasteiger charge is 2.21. The lowest BCUT2D eigenvalue weighted by molar-refractivity contribution is 0.254. The average Bonchev–Trinajstić information content (AvgIpc) is 3.56. The van der Waals surface area contributed by atoms with Gasteiger partial charge >= 0.3 is 0 Å². The van der Waals surface area contributed by atoms with Crippen molar-refractivity contribution in [1.82, 2.24) is 20.2 Å². The number of methoxy groups -OCH3 is 1. The molecule has 2 N–H and O–H groups in total. The summed E-state index contributed by atoms with van der Waals surface area (Å²) in [7, 11) is 1.70. The number of nitrogens with zero attached hydrogens (tertiary/aromatic N) is 4. The Morgan fingerprint density at radius 1 is 1.03 bits per heavy atom. The van der Waals surface area contributed by atoms with Crippen molar-refractivity contribution in [2.24, 2.45) is 0 Å². The number of nitrogens with one attached hydrogen (secondary N) is 2. The van der Waals surface area contributed by atoms with E-state index in [4.69, 9.17) is 19.4 Å². The molecule has 3 fully saturated rings. The Hall–Kier alpha value is -2.32. The minimum absolute atomic E-state index is 0.371. The summed E-state index contributed by atoms with van der Waals surface area (Å²) >= 11 is 0. The first-order valence-corrected chi connectivity index (χ1v) is 12.8. The van der Waals surface area contributed by atoms with Crippen LogP contribution in [0.25, 0.3) is 10.9 Å². The van der Waals surface area contributed by atoms with Gasteiger partial charge in [-0.1, -0.05) is 0 Å². The van der Waals surface area contributed by atoms with Gasteiger partial charge in [0, 0.05) is 43.7 Å². The Morgan fingerprint density at radius 3 is 2.61 bits per heavy atom. The third-order valence-corrected chi connectivity index (χ3v) is 7.07. The van der Waals surface area contributed by atoms with Crippen LogP contribution in [0.15, 0.2) is 12.1 Å². The maximum atomic E-state index is 6.20. The summed E-state index contributed by atoms with van der Waals surface area (Å²) in [5.41, 5.74) is 0.911. The van der Waals surface area contributed by atoms with Crippen LogP contribution in [0.1, 0.15) is 44.9 Å². The van der Waals surface area contributed by atoms with Crippen molar-refractivity contribution in [1.29, 1.82) is 0 Å². The fourth-order valence-corrected chi connectivity index (χ4v) is 5.21. The second-order valence-electron chi connectivity index (χ2n) is 9.52. The maximum absolute atomic E-state index is 6.20. The number of likely N-dealkylation sites (tertiary alicyclic amines) is 1. The van der Waals surface area contributed by atoms with E-state index >= 15 is 0 Å². The number of aromatic nitrogens is 2. The lowest BCUT2D eigenvalue weighted by Crippen LogP contribution is -2.38. The summed E-state index contributed by atoms with van der Waals surface area (Å²) in [6, 6.07) is 4.45. The number of fused-ring (bicyclic) bond motifs is 1. The van der Waals surface area contributed by atoms with Gasteiger partial charge in [0.25, 0.3) is 0 Å². The molecule has 4 heterocycles. The van der Waals surface area contributed by atoms with Gasteiger partial charge in [0.1, 0.15) is 5.82 Å². The molecule has 0 amide bonds. The second kappa shape index (κ2) is 10.7. The van der Waals surface area contributed by atoms with Gasteiger partial charge in [0.05, 0.1) is 19.2 Å².